The number of ether oxygens (including phenoxy) is 2. The Hall–Kier alpha value is -3.66. The molecule has 2 aliphatic heterocycles. The molecule has 10 heteroatoms. The van der Waals surface area contributed by atoms with Crippen LogP contribution in [-0.2, 0) is 37.8 Å². The second kappa shape index (κ2) is 13.8. The maximum Gasteiger partial charge on any atom is 0.264 e. The number of methoxy groups -OCH3 is 1. The number of rotatable bonds is 4. The number of benzene rings is 3. The Labute approximate surface area is 300 Å². The van der Waals surface area contributed by atoms with Gasteiger partial charge in [-0.15, -0.1) is 0 Å². The molecule has 3 aromatic carbocycles. The molecule has 2 heterocycles. The Morgan fingerprint density at radius 3 is 2.66 bits per heavy atom. The van der Waals surface area contributed by atoms with Crippen LogP contribution in [0.5, 0.6) is 5.75 Å². The van der Waals surface area contributed by atoms with E-state index in [1.165, 1.54) is 11.1 Å². The lowest BCUT2D eigenvalue weighted by Gasteiger charge is -2.48. The molecule has 50 heavy (non-hydrogen) atoms. The highest BCUT2D eigenvalue weighted by Crippen LogP contribution is 2.48. The highest BCUT2D eigenvalue weighted by atomic mass is 35.5. The third-order valence-electron chi connectivity index (χ3n) is 11.7. The minimum absolute atomic E-state index is 0.0687. The molecule has 0 radical (unpaired) electrons. The molecule has 6 atom stereocenters. The maximum atomic E-state index is 14.1. The molecule has 1 spiro atoms. The second-order valence-electron chi connectivity index (χ2n) is 14.7. The van der Waals surface area contributed by atoms with Gasteiger partial charge in [-0.3, -0.25) is 9.59 Å². The summed E-state index contributed by atoms with van der Waals surface area (Å²) in [5.41, 5.74) is 2.83. The standard InChI is InChI=1S/C40H45ClN2O6S/c1-27-8-6-19-40(25-44,48-2)34-15-12-31(34)23-43-24-39(18-7-11-29-21-32(41)14-16-33(29)39)26-49-36-17-13-30(22-35(36)43)38(45)42-50(46,47)37(27)20-28-9-4-3-5-10-28/h3-6,9-10,13-14,16-17,19,21-22,25,27,31,34,37H,7-8,11-12,15,18,20,23-24,26H2,1-2H3,(H,42,45)/b19-6+/t27-,31-,34+,37+,39-,40-/m0/s1. The van der Waals surface area contributed by atoms with Crippen LogP contribution in [0, 0.1) is 17.8 Å². The zero-order valence-electron chi connectivity index (χ0n) is 28.6. The Bertz CT molecular complexity index is 1900. The lowest BCUT2D eigenvalue weighted by molar-refractivity contribution is -0.135. The van der Waals surface area contributed by atoms with E-state index in [1.807, 2.05) is 55.5 Å². The molecule has 2 bridgehead atoms. The molecule has 1 saturated carbocycles. The van der Waals surface area contributed by atoms with Gasteiger partial charge in [0.05, 0.1) is 17.5 Å². The largest absolute Gasteiger partial charge is 0.490 e. The smallest absolute Gasteiger partial charge is 0.264 e. The number of allylic oxidation sites excluding steroid dienone is 1. The van der Waals surface area contributed by atoms with Gasteiger partial charge in [0.2, 0.25) is 10.0 Å². The molecule has 1 amide bonds. The SMILES string of the molecule is CO[C@]1(C=O)/C=C/C[C@H](C)[C@@H](Cc2ccccc2)S(=O)(=O)NC(=O)c2ccc3c(c2)N(C[C@@H]2CC[C@H]21)C[C@@]1(CCCc2cc(Cl)ccc21)CO3. The van der Waals surface area contributed by atoms with Crippen molar-refractivity contribution in [2.24, 2.45) is 17.8 Å². The predicted molar refractivity (Wildman–Crippen MR) is 195 cm³/mol. The van der Waals surface area contributed by atoms with Gasteiger partial charge in [-0.25, -0.2) is 13.1 Å². The van der Waals surface area contributed by atoms with Crippen molar-refractivity contribution in [2.75, 3.05) is 31.7 Å². The molecule has 1 N–H and O–H groups in total. The first-order chi connectivity index (χ1) is 24.1. The van der Waals surface area contributed by atoms with Crippen LogP contribution in [0.2, 0.25) is 5.02 Å². The Kier molecular flexibility index (Phi) is 9.60. The number of nitrogens with one attached hydrogen (secondary N) is 1. The number of aryl methyl sites for hydroxylation is 1. The Morgan fingerprint density at radius 2 is 1.92 bits per heavy atom. The summed E-state index contributed by atoms with van der Waals surface area (Å²) in [6, 6.07) is 20.8. The molecule has 0 unspecified atom stereocenters. The van der Waals surface area contributed by atoms with E-state index in [0.717, 1.165) is 49.6 Å². The molecule has 3 aromatic rings. The monoisotopic (exact) mass is 716 g/mol. The molecular formula is C40H45ClN2O6S. The molecule has 0 aromatic heterocycles. The van der Waals surface area contributed by atoms with Crippen molar-refractivity contribution in [3.63, 3.8) is 0 Å². The van der Waals surface area contributed by atoms with Gasteiger partial charge in [0.25, 0.3) is 5.91 Å². The van der Waals surface area contributed by atoms with Gasteiger partial charge < -0.3 is 14.4 Å². The second-order valence-corrected chi connectivity index (χ2v) is 17.1. The number of hydrogen-bond acceptors (Lipinski definition) is 7. The third kappa shape index (κ3) is 6.48. The molecule has 1 fully saturated rings. The summed E-state index contributed by atoms with van der Waals surface area (Å²) in [6.07, 6.45) is 9.86. The number of hydrogen-bond donors (Lipinski definition) is 1. The van der Waals surface area contributed by atoms with E-state index in [0.29, 0.717) is 36.9 Å². The first-order valence-corrected chi connectivity index (χ1v) is 19.6. The molecule has 264 valence electrons. The number of halogens is 1. The molecule has 0 saturated heterocycles. The van der Waals surface area contributed by atoms with Gasteiger partial charge in [-0.1, -0.05) is 61.0 Å². The summed E-state index contributed by atoms with van der Waals surface area (Å²) in [5.74, 6) is -0.333. The van der Waals surface area contributed by atoms with E-state index in [1.54, 1.807) is 25.3 Å². The van der Waals surface area contributed by atoms with Crippen molar-refractivity contribution >= 4 is 39.5 Å². The van der Waals surface area contributed by atoms with Gasteiger partial charge >= 0.3 is 0 Å². The lowest BCUT2D eigenvalue weighted by atomic mass is 9.64. The fraction of sp³-hybridized carbons (Fsp3) is 0.450. The van der Waals surface area contributed by atoms with E-state index in [2.05, 4.69) is 21.8 Å². The average Bonchev–Trinajstić information content (AvgIpc) is 3.24. The van der Waals surface area contributed by atoms with E-state index in [9.17, 15) is 18.0 Å². The topological polar surface area (TPSA) is 102 Å². The lowest BCUT2D eigenvalue weighted by Crippen LogP contribution is -2.53. The molecule has 2 aliphatic carbocycles. The first kappa shape index (κ1) is 34.8. The van der Waals surface area contributed by atoms with Crippen LogP contribution in [0.4, 0.5) is 5.69 Å². The van der Waals surface area contributed by atoms with Crippen molar-refractivity contribution in [3.8, 4) is 5.75 Å². The summed E-state index contributed by atoms with van der Waals surface area (Å²) < 4.78 is 43.2. The number of anilines is 1. The number of nitrogens with zero attached hydrogens (tertiary/aromatic N) is 1. The van der Waals surface area contributed by atoms with Crippen LogP contribution in [0.25, 0.3) is 0 Å². The fourth-order valence-corrected chi connectivity index (χ4v) is 10.6. The van der Waals surface area contributed by atoms with Crippen molar-refractivity contribution in [2.45, 2.75) is 68.1 Å². The predicted octanol–water partition coefficient (Wildman–Crippen LogP) is 6.69. The highest BCUT2D eigenvalue weighted by Gasteiger charge is 2.49. The number of amides is 1. The molecule has 8 nitrogen and oxygen atoms in total. The molecular weight excluding hydrogens is 672 g/mol. The van der Waals surface area contributed by atoms with E-state index in [4.69, 9.17) is 21.1 Å². The normalized spacial score (nSPS) is 31.2. The van der Waals surface area contributed by atoms with Crippen LogP contribution in [0.1, 0.15) is 66.1 Å². The third-order valence-corrected chi connectivity index (χ3v) is 13.9. The van der Waals surface area contributed by atoms with Gasteiger partial charge in [-0.2, -0.15) is 0 Å². The number of fused-ring (bicyclic) bond motifs is 4. The number of carbonyl (C=O) groups excluding carboxylic acids is 2. The maximum absolute atomic E-state index is 14.1. The van der Waals surface area contributed by atoms with Crippen LogP contribution in [-0.4, -0.2) is 58.3 Å². The van der Waals surface area contributed by atoms with Crippen LogP contribution < -0.4 is 14.4 Å². The summed E-state index contributed by atoms with van der Waals surface area (Å²) in [6.45, 7) is 3.58. The van der Waals surface area contributed by atoms with E-state index < -0.39 is 26.8 Å². The number of sulfonamides is 1. The zero-order chi connectivity index (χ0) is 35.1. The van der Waals surface area contributed by atoms with Crippen LogP contribution in [0.3, 0.4) is 0 Å². The summed E-state index contributed by atoms with van der Waals surface area (Å²) in [4.78, 5) is 29.1. The van der Waals surface area contributed by atoms with Gasteiger partial charge in [0.15, 0.2) is 6.29 Å². The molecule has 7 rings (SSSR count). The highest BCUT2D eigenvalue weighted by molar-refractivity contribution is 7.90. The molecule has 4 aliphatic rings. The fourth-order valence-electron chi connectivity index (χ4n) is 8.78. The summed E-state index contributed by atoms with van der Waals surface area (Å²) in [5, 5.41) is -0.193. The van der Waals surface area contributed by atoms with Crippen LogP contribution in [0.15, 0.2) is 78.9 Å². The zero-order valence-corrected chi connectivity index (χ0v) is 30.2. The summed E-state index contributed by atoms with van der Waals surface area (Å²) in [7, 11) is -2.56. The van der Waals surface area contributed by atoms with Crippen molar-refractivity contribution in [1.82, 2.24) is 4.72 Å². The van der Waals surface area contributed by atoms with Gasteiger partial charge in [0, 0.05) is 42.1 Å². The van der Waals surface area contributed by atoms with E-state index >= 15 is 0 Å². The number of carbonyl (C=O) groups is 2. The summed E-state index contributed by atoms with van der Waals surface area (Å²) >= 11 is 6.44. The van der Waals surface area contributed by atoms with Crippen LogP contribution >= 0.6 is 11.6 Å². The number of aldehydes is 1. The van der Waals surface area contributed by atoms with Gasteiger partial charge in [0.1, 0.15) is 11.4 Å². The minimum Gasteiger partial charge on any atom is -0.490 e. The first-order valence-electron chi connectivity index (χ1n) is 17.7. The van der Waals surface area contributed by atoms with Crippen molar-refractivity contribution in [3.05, 3.63) is 106 Å². The van der Waals surface area contributed by atoms with Crippen molar-refractivity contribution < 1.29 is 27.5 Å². The quantitative estimate of drug-likeness (QED) is 0.237. The van der Waals surface area contributed by atoms with E-state index in [-0.39, 0.29) is 35.2 Å². The Morgan fingerprint density at radius 1 is 1.10 bits per heavy atom. The van der Waals surface area contributed by atoms with Gasteiger partial charge in [-0.05, 0) is 110 Å². The Balaban J connectivity index is 1.32. The average molecular weight is 717 g/mol. The van der Waals surface area contributed by atoms with Crippen molar-refractivity contribution in [1.29, 1.82) is 0 Å². The minimum atomic E-state index is -4.14.